The van der Waals surface area contributed by atoms with Crippen LogP contribution in [0, 0.1) is 0 Å². The van der Waals surface area contributed by atoms with Crippen molar-refractivity contribution >= 4 is 5.78 Å². The van der Waals surface area contributed by atoms with E-state index in [0.29, 0.717) is 12.0 Å². The first-order valence-electron chi connectivity index (χ1n) is 9.15. The topological polar surface area (TPSA) is 55.7 Å². The van der Waals surface area contributed by atoms with Crippen molar-refractivity contribution in [2.45, 2.75) is 12.3 Å². The summed E-state index contributed by atoms with van der Waals surface area (Å²) in [6, 6.07) is 22.0. The Morgan fingerprint density at radius 1 is 0.714 bits per heavy atom. The quantitative estimate of drug-likeness (QED) is 0.454. The molecule has 0 amide bonds. The molecule has 0 saturated heterocycles. The molecule has 0 fully saturated rings. The summed E-state index contributed by atoms with van der Waals surface area (Å²) in [5, 5.41) is 0. The minimum absolute atomic E-state index is 0.0112. The van der Waals surface area contributed by atoms with Crippen LogP contribution in [-0.4, -0.2) is 20.7 Å². The molecule has 28 heavy (non-hydrogen) atoms. The van der Waals surface area contributed by atoms with Crippen molar-refractivity contribution in [3.05, 3.63) is 115 Å². The third-order valence-electron chi connectivity index (χ3n) is 4.80. The van der Waals surface area contributed by atoms with Crippen LogP contribution in [0.25, 0.3) is 11.1 Å². The van der Waals surface area contributed by atoms with Gasteiger partial charge in [0.15, 0.2) is 5.78 Å². The van der Waals surface area contributed by atoms with Crippen molar-refractivity contribution in [3.63, 3.8) is 0 Å². The van der Waals surface area contributed by atoms with Crippen LogP contribution in [-0.2, 0) is 0 Å². The van der Waals surface area contributed by atoms with E-state index in [-0.39, 0.29) is 11.7 Å². The van der Waals surface area contributed by atoms with Crippen molar-refractivity contribution in [3.8, 4) is 11.1 Å². The van der Waals surface area contributed by atoms with Gasteiger partial charge in [0, 0.05) is 48.3 Å². The molecule has 2 aromatic carbocycles. The van der Waals surface area contributed by atoms with Crippen molar-refractivity contribution in [2.24, 2.45) is 0 Å². The Labute approximate surface area is 164 Å². The van der Waals surface area contributed by atoms with Gasteiger partial charge in [-0.1, -0.05) is 54.6 Å². The van der Waals surface area contributed by atoms with Crippen LogP contribution >= 0.6 is 0 Å². The van der Waals surface area contributed by atoms with E-state index in [1.807, 2.05) is 18.2 Å². The summed E-state index contributed by atoms with van der Waals surface area (Å²) in [4.78, 5) is 25.0. The molecular formula is C24H19N3O. The smallest absolute Gasteiger partial charge is 0.163 e. The zero-order chi connectivity index (χ0) is 19.2. The van der Waals surface area contributed by atoms with E-state index >= 15 is 0 Å². The summed E-state index contributed by atoms with van der Waals surface area (Å²) in [5.41, 5.74) is 4.94. The molecule has 4 heteroatoms. The molecule has 1 unspecified atom stereocenters. The van der Waals surface area contributed by atoms with Crippen LogP contribution < -0.4 is 0 Å². The molecule has 4 aromatic rings. The van der Waals surface area contributed by atoms with E-state index in [4.69, 9.17) is 0 Å². The van der Waals surface area contributed by atoms with E-state index < -0.39 is 0 Å². The number of aromatic nitrogens is 3. The largest absolute Gasteiger partial charge is 0.294 e. The Bertz CT molecular complexity index is 1030. The highest BCUT2D eigenvalue weighted by Crippen LogP contribution is 2.31. The van der Waals surface area contributed by atoms with Gasteiger partial charge in [0.25, 0.3) is 0 Å². The second kappa shape index (κ2) is 8.35. The number of rotatable bonds is 6. The van der Waals surface area contributed by atoms with E-state index in [2.05, 4.69) is 51.4 Å². The minimum Gasteiger partial charge on any atom is -0.294 e. The predicted molar refractivity (Wildman–Crippen MR) is 109 cm³/mol. The highest BCUT2D eigenvalue weighted by Gasteiger charge is 2.19. The number of hydrogen-bond acceptors (Lipinski definition) is 4. The van der Waals surface area contributed by atoms with E-state index in [0.717, 1.165) is 22.3 Å². The molecule has 0 saturated carbocycles. The van der Waals surface area contributed by atoms with E-state index in [9.17, 15) is 4.79 Å². The third kappa shape index (κ3) is 4.01. The molecule has 4 nitrogen and oxygen atoms in total. The van der Waals surface area contributed by atoms with Crippen molar-refractivity contribution < 1.29 is 4.79 Å². The molecule has 0 bridgehead atoms. The molecular weight excluding hydrogens is 346 g/mol. The van der Waals surface area contributed by atoms with Crippen LogP contribution in [0.2, 0.25) is 0 Å². The lowest BCUT2D eigenvalue weighted by Crippen LogP contribution is -2.09. The Kier molecular flexibility index (Phi) is 5.29. The third-order valence-corrected chi connectivity index (χ3v) is 4.80. The molecule has 0 aliphatic carbocycles. The summed E-state index contributed by atoms with van der Waals surface area (Å²) in [7, 11) is 0. The number of benzene rings is 2. The van der Waals surface area contributed by atoms with Crippen LogP contribution in [0.15, 0.2) is 97.8 Å². The molecule has 2 heterocycles. The Morgan fingerprint density at radius 3 is 2.04 bits per heavy atom. The van der Waals surface area contributed by atoms with Gasteiger partial charge in [0.05, 0.1) is 0 Å². The Balaban J connectivity index is 1.65. The highest BCUT2D eigenvalue weighted by atomic mass is 16.1. The van der Waals surface area contributed by atoms with Gasteiger partial charge < -0.3 is 0 Å². The van der Waals surface area contributed by atoms with Crippen molar-refractivity contribution in [1.82, 2.24) is 15.0 Å². The fourth-order valence-electron chi connectivity index (χ4n) is 3.31. The van der Waals surface area contributed by atoms with Crippen molar-refractivity contribution in [1.29, 1.82) is 0 Å². The monoisotopic (exact) mass is 365 g/mol. The molecule has 0 aliphatic heterocycles. The van der Waals surface area contributed by atoms with E-state index in [1.165, 1.54) is 6.33 Å². The number of Topliss-reactive ketones (excluding diaryl/α,β-unsaturated/α-hetero) is 1. The number of ketones is 1. The van der Waals surface area contributed by atoms with Gasteiger partial charge in [-0.05, 0) is 28.8 Å². The second-order valence-electron chi connectivity index (χ2n) is 6.58. The lowest BCUT2D eigenvalue weighted by Gasteiger charge is -2.18. The first kappa shape index (κ1) is 17.7. The second-order valence-corrected chi connectivity index (χ2v) is 6.58. The highest BCUT2D eigenvalue weighted by molar-refractivity contribution is 5.96. The van der Waals surface area contributed by atoms with Gasteiger partial charge in [-0.2, -0.15) is 0 Å². The maximum Gasteiger partial charge on any atom is 0.163 e. The van der Waals surface area contributed by atoms with Gasteiger partial charge in [-0.25, -0.2) is 9.97 Å². The lowest BCUT2D eigenvalue weighted by molar-refractivity contribution is 0.0977. The SMILES string of the molecule is O=C(CC(c1ccccc1)c1ccc(-c2cncnc2)cc1)c1ccncc1. The normalized spacial score (nSPS) is 11.7. The summed E-state index contributed by atoms with van der Waals surface area (Å²) >= 11 is 0. The fraction of sp³-hybridized carbons (Fsp3) is 0.0833. The van der Waals surface area contributed by atoms with Crippen molar-refractivity contribution in [2.75, 3.05) is 0 Å². The predicted octanol–water partition coefficient (Wildman–Crippen LogP) is 4.94. The van der Waals surface area contributed by atoms with Crippen LogP contribution in [0.1, 0.15) is 33.8 Å². The molecule has 4 rings (SSSR count). The average Bonchev–Trinajstić information content (AvgIpc) is 2.79. The molecule has 2 aromatic heterocycles. The summed E-state index contributed by atoms with van der Waals surface area (Å²) in [6.07, 6.45) is 8.83. The van der Waals surface area contributed by atoms with Gasteiger partial charge in [-0.3, -0.25) is 9.78 Å². The standard InChI is InChI=1S/C24H19N3O/c28-24(21-10-12-25-13-11-21)14-23(19-4-2-1-3-5-19)20-8-6-18(7-9-20)22-15-26-17-27-16-22/h1-13,15-17,23H,14H2. The number of pyridine rings is 1. The van der Waals surface area contributed by atoms with Crippen LogP contribution in [0.3, 0.4) is 0 Å². The summed E-state index contributed by atoms with van der Waals surface area (Å²) in [6.45, 7) is 0. The lowest BCUT2D eigenvalue weighted by atomic mass is 9.85. The minimum atomic E-state index is -0.0112. The van der Waals surface area contributed by atoms with Gasteiger partial charge in [0.1, 0.15) is 6.33 Å². The number of nitrogens with zero attached hydrogens (tertiary/aromatic N) is 3. The first-order valence-corrected chi connectivity index (χ1v) is 9.15. The first-order chi connectivity index (χ1) is 13.8. The maximum atomic E-state index is 12.8. The zero-order valence-corrected chi connectivity index (χ0v) is 15.3. The molecule has 1 atom stereocenters. The zero-order valence-electron chi connectivity index (χ0n) is 15.3. The molecule has 0 spiro atoms. The molecule has 0 aliphatic rings. The van der Waals surface area contributed by atoms with Gasteiger partial charge in [-0.15, -0.1) is 0 Å². The molecule has 0 N–H and O–H groups in total. The summed E-state index contributed by atoms with van der Waals surface area (Å²) < 4.78 is 0. The van der Waals surface area contributed by atoms with Gasteiger partial charge in [0.2, 0.25) is 0 Å². The van der Waals surface area contributed by atoms with E-state index in [1.54, 1.807) is 36.9 Å². The number of carbonyl (C=O) groups excluding carboxylic acids is 1. The number of hydrogen-bond donors (Lipinski definition) is 0. The Hall–Kier alpha value is -3.66. The maximum absolute atomic E-state index is 12.8. The fourth-order valence-corrected chi connectivity index (χ4v) is 3.31. The number of carbonyl (C=O) groups is 1. The molecule has 0 radical (unpaired) electrons. The van der Waals surface area contributed by atoms with Crippen LogP contribution in [0.4, 0.5) is 0 Å². The average molecular weight is 365 g/mol. The van der Waals surface area contributed by atoms with Crippen LogP contribution in [0.5, 0.6) is 0 Å². The summed E-state index contributed by atoms with van der Waals surface area (Å²) in [5.74, 6) is 0.0970. The Morgan fingerprint density at radius 2 is 1.36 bits per heavy atom. The molecule has 136 valence electrons. The van der Waals surface area contributed by atoms with Gasteiger partial charge >= 0.3 is 0 Å².